The number of amides is 1. The summed E-state index contributed by atoms with van der Waals surface area (Å²) < 4.78 is 5.61. The van der Waals surface area contributed by atoms with Gasteiger partial charge in [-0.25, -0.2) is 0 Å². The fourth-order valence-electron chi connectivity index (χ4n) is 2.64. The van der Waals surface area contributed by atoms with Crippen LogP contribution < -0.4 is 10.1 Å². The van der Waals surface area contributed by atoms with Crippen LogP contribution in [-0.2, 0) is 11.3 Å². The molecule has 110 valence electrons. The van der Waals surface area contributed by atoms with Crippen LogP contribution in [0.15, 0.2) is 24.3 Å². The van der Waals surface area contributed by atoms with Crippen molar-refractivity contribution in [3.05, 3.63) is 29.8 Å². The molecule has 4 heteroatoms. The molecule has 1 saturated heterocycles. The molecule has 1 aliphatic heterocycles. The van der Waals surface area contributed by atoms with Gasteiger partial charge >= 0.3 is 0 Å². The van der Waals surface area contributed by atoms with Gasteiger partial charge < -0.3 is 15.0 Å². The number of ether oxygens (including phenoxy) is 1. The zero-order chi connectivity index (χ0) is 14.4. The largest absolute Gasteiger partial charge is 0.494 e. The highest BCUT2D eigenvalue weighted by Crippen LogP contribution is 2.21. The Morgan fingerprint density at radius 1 is 1.45 bits per heavy atom. The second-order valence-electron chi connectivity index (χ2n) is 5.28. The molecular weight excluding hydrogens is 252 g/mol. The standard InChI is InChI=1S/C16H24N2O2/c1-3-20-15-9-5-4-7-14(15)12-18(2)16(19)13-8-6-10-17-11-13/h4-5,7,9,13,17H,3,6,8,10-12H2,1-2H3/t13-/m0/s1. The van der Waals surface area contributed by atoms with Gasteiger partial charge in [0.2, 0.25) is 5.91 Å². The summed E-state index contributed by atoms with van der Waals surface area (Å²) in [4.78, 5) is 14.2. The molecule has 0 bridgehead atoms. The monoisotopic (exact) mass is 276 g/mol. The lowest BCUT2D eigenvalue weighted by molar-refractivity contribution is -0.135. The maximum absolute atomic E-state index is 12.4. The van der Waals surface area contributed by atoms with Crippen LogP contribution in [0.1, 0.15) is 25.3 Å². The maximum Gasteiger partial charge on any atom is 0.227 e. The molecule has 1 aromatic carbocycles. The molecule has 1 fully saturated rings. The predicted molar refractivity (Wildman–Crippen MR) is 79.7 cm³/mol. The Bertz CT molecular complexity index is 442. The van der Waals surface area contributed by atoms with Crippen LogP contribution in [0, 0.1) is 5.92 Å². The summed E-state index contributed by atoms with van der Waals surface area (Å²) in [5.74, 6) is 1.22. The second-order valence-corrected chi connectivity index (χ2v) is 5.28. The van der Waals surface area contributed by atoms with Crippen LogP contribution in [-0.4, -0.2) is 37.6 Å². The van der Waals surface area contributed by atoms with Gasteiger partial charge in [0.15, 0.2) is 0 Å². The second kappa shape index (κ2) is 7.29. The summed E-state index contributed by atoms with van der Waals surface area (Å²) in [6.45, 7) is 5.04. The zero-order valence-corrected chi connectivity index (χ0v) is 12.4. The Balaban J connectivity index is 1.99. The minimum Gasteiger partial charge on any atom is -0.494 e. The molecule has 0 radical (unpaired) electrons. The fourth-order valence-corrected chi connectivity index (χ4v) is 2.64. The molecule has 1 heterocycles. The first-order valence-electron chi connectivity index (χ1n) is 7.38. The molecule has 0 saturated carbocycles. The first-order chi connectivity index (χ1) is 9.72. The van der Waals surface area contributed by atoms with E-state index in [1.807, 2.05) is 43.1 Å². The summed E-state index contributed by atoms with van der Waals surface area (Å²) in [7, 11) is 1.87. The highest BCUT2D eigenvalue weighted by atomic mass is 16.5. The average Bonchev–Trinajstić information content (AvgIpc) is 2.49. The molecule has 1 aliphatic rings. The first-order valence-corrected chi connectivity index (χ1v) is 7.38. The molecule has 1 atom stereocenters. The van der Waals surface area contributed by atoms with Crippen LogP contribution in [0.25, 0.3) is 0 Å². The van der Waals surface area contributed by atoms with Gasteiger partial charge in [-0.15, -0.1) is 0 Å². The van der Waals surface area contributed by atoms with Crippen molar-refractivity contribution in [3.63, 3.8) is 0 Å². The number of nitrogens with zero attached hydrogens (tertiary/aromatic N) is 1. The number of piperidine rings is 1. The van der Waals surface area contributed by atoms with Crippen molar-refractivity contribution in [1.82, 2.24) is 10.2 Å². The highest BCUT2D eigenvalue weighted by Gasteiger charge is 2.24. The Morgan fingerprint density at radius 3 is 2.95 bits per heavy atom. The van der Waals surface area contributed by atoms with Crippen LogP contribution in [0.5, 0.6) is 5.75 Å². The zero-order valence-electron chi connectivity index (χ0n) is 12.4. The SMILES string of the molecule is CCOc1ccccc1CN(C)C(=O)[C@H]1CCCNC1. The summed E-state index contributed by atoms with van der Waals surface area (Å²) in [5, 5.41) is 3.29. The smallest absolute Gasteiger partial charge is 0.227 e. The van der Waals surface area contributed by atoms with Gasteiger partial charge in [-0.1, -0.05) is 18.2 Å². The third-order valence-electron chi connectivity index (χ3n) is 3.70. The van der Waals surface area contributed by atoms with Crippen molar-refractivity contribution in [2.45, 2.75) is 26.3 Å². The molecule has 1 amide bonds. The number of hydrogen-bond acceptors (Lipinski definition) is 3. The fraction of sp³-hybridized carbons (Fsp3) is 0.562. The molecule has 0 aliphatic carbocycles. The minimum atomic E-state index is 0.119. The summed E-state index contributed by atoms with van der Waals surface area (Å²) in [6, 6.07) is 7.92. The van der Waals surface area contributed by atoms with E-state index in [4.69, 9.17) is 4.74 Å². The van der Waals surface area contributed by atoms with E-state index in [1.165, 1.54) is 0 Å². The van der Waals surface area contributed by atoms with Gasteiger partial charge in [-0.2, -0.15) is 0 Å². The quantitative estimate of drug-likeness (QED) is 0.895. The van der Waals surface area contributed by atoms with E-state index in [0.717, 1.165) is 37.2 Å². The number of benzene rings is 1. The molecule has 20 heavy (non-hydrogen) atoms. The van der Waals surface area contributed by atoms with Gasteiger partial charge in [0, 0.05) is 25.7 Å². The van der Waals surface area contributed by atoms with Crippen LogP contribution in [0.4, 0.5) is 0 Å². The Morgan fingerprint density at radius 2 is 2.25 bits per heavy atom. The predicted octanol–water partition coefficient (Wildman–Crippen LogP) is 2.04. The number of hydrogen-bond donors (Lipinski definition) is 1. The molecule has 4 nitrogen and oxygen atoms in total. The summed E-state index contributed by atoms with van der Waals surface area (Å²) in [5.41, 5.74) is 1.06. The van der Waals surface area contributed by atoms with Crippen molar-refractivity contribution in [2.75, 3.05) is 26.7 Å². The number of para-hydroxylation sites is 1. The number of carbonyl (C=O) groups excluding carboxylic acids is 1. The molecular formula is C16H24N2O2. The molecule has 0 unspecified atom stereocenters. The maximum atomic E-state index is 12.4. The Labute approximate surface area is 121 Å². The lowest BCUT2D eigenvalue weighted by atomic mass is 9.98. The third-order valence-corrected chi connectivity index (χ3v) is 3.70. The van der Waals surface area contributed by atoms with Gasteiger partial charge in [-0.05, 0) is 32.4 Å². The van der Waals surface area contributed by atoms with E-state index >= 15 is 0 Å². The summed E-state index contributed by atoms with van der Waals surface area (Å²) in [6.07, 6.45) is 2.07. The average molecular weight is 276 g/mol. The van der Waals surface area contributed by atoms with E-state index in [0.29, 0.717) is 13.2 Å². The molecule has 0 aromatic heterocycles. The number of nitrogens with one attached hydrogen (secondary N) is 1. The Kier molecular flexibility index (Phi) is 5.41. The molecule has 2 rings (SSSR count). The van der Waals surface area contributed by atoms with Gasteiger partial charge in [0.25, 0.3) is 0 Å². The Hall–Kier alpha value is -1.55. The normalized spacial score (nSPS) is 18.6. The summed E-state index contributed by atoms with van der Waals surface area (Å²) >= 11 is 0. The molecule has 1 aromatic rings. The first kappa shape index (κ1) is 14.9. The van der Waals surface area contributed by atoms with Crippen LogP contribution in [0.2, 0.25) is 0 Å². The van der Waals surface area contributed by atoms with Gasteiger partial charge in [0.05, 0.1) is 12.5 Å². The van der Waals surface area contributed by atoms with E-state index < -0.39 is 0 Å². The molecule has 0 spiro atoms. The number of rotatable bonds is 5. The lowest BCUT2D eigenvalue weighted by Crippen LogP contribution is -2.41. The van der Waals surface area contributed by atoms with Crippen LogP contribution in [0.3, 0.4) is 0 Å². The van der Waals surface area contributed by atoms with Crippen molar-refractivity contribution in [1.29, 1.82) is 0 Å². The lowest BCUT2D eigenvalue weighted by Gasteiger charge is -2.27. The van der Waals surface area contributed by atoms with Gasteiger partial charge in [-0.3, -0.25) is 4.79 Å². The third kappa shape index (κ3) is 3.73. The number of carbonyl (C=O) groups is 1. The van der Waals surface area contributed by atoms with Crippen molar-refractivity contribution in [3.8, 4) is 5.75 Å². The topological polar surface area (TPSA) is 41.6 Å². The van der Waals surface area contributed by atoms with E-state index in [9.17, 15) is 4.79 Å². The van der Waals surface area contributed by atoms with Gasteiger partial charge in [0.1, 0.15) is 5.75 Å². The van der Waals surface area contributed by atoms with Crippen molar-refractivity contribution in [2.24, 2.45) is 5.92 Å². The van der Waals surface area contributed by atoms with E-state index in [-0.39, 0.29) is 11.8 Å². The minimum absolute atomic E-state index is 0.119. The molecule has 1 N–H and O–H groups in total. The van der Waals surface area contributed by atoms with Crippen LogP contribution >= 0.6 is 0 Å². The van der Waals surface area contributed by atoms with E-state index in [1.54, 1.807) is 0 Å². The highest BCUT2D eigenvalue weighted by molar-refractivity contribution is 5.79. The van der Waals surface area contributed by atoms with Crippen molar-refractivity contribution >= 4 is 5.91 Å². The van der Waals surface area contributed by atoms with Crippen molar-refractivity contribution < 1.29 is 9.53 Å². The van der Waals surface area contributed by atoms with E-state index in [2.05, 4.69) is 5.32 Å².